The van der Waals surface area contributed by atoms with E-state index in [9.17, 15) is 14.4 Å². The Bertz CT molecular complexity index is 570. The average Bonchev–Trinajstić information content (AvgIpc) is 2.52. The molecule has 5 nitrogen and oxygen atoms in total. The third-order valence-electron chi connectivity index (χ3n) is 3.84. The largest absolute Gasteiger partial charge is 0.467 e. The molecule has 118 valence electrons. The summed E-state index contributed by atoms with van der Waals surface area (Å²) in [5.74, 6) is -1.01. The third kappa shape index (κ3) is 4.07. The van der Waals surface area contributed by atoms with Crippen LogP contribution in [0.15, 0.2) is 24.3 Å². The molecule has 1 aliphatic rings. The van der Waals surface area contributed by atoms with Crippen molar-refractivity contribution in [3.05, 3.63) is 34.9 Å². The van der Waals surface area contributed by atoms with Crippen molar-refractivity contribution < 1.29 is 19.1 Å². The molecule has 2 atom stereocenters. The number of hydrogen-bond donors (Lipinski definition) is 1. The molecule has 1 aromatic rings. The Morgan fingerprint density at radius 3 is 2.59 bits per heavy atom. The number of esters is 1. The third-order valence-corrected chi connectivity index (χ3v) is 4.09. The van der Waals surface area contributed by atoms with E-state index in [1.165, 1.54) is 7.11 Å². The van der Waals surface area contributed by atoms with Crippen molar-refractivity contribution in [1.29, 1.82) is 0 Å². The molecule has 0 aliphatic heterocycles. The van der Waals surface area contributed by atoms with Gasteiger partial charge in [0.15, 0.2) is 0 Å². The molecule has 0 aromatic heterocycles. The molecule has 0 radical (unpaired) electrons. The van der Waals surface area contributed by atoms with Crippen molar-refractivity contribution in [2.75, 3.05) is 7.11 Å². The van der Waals surface area contributed by atoms with Crippen LogP contribution in [-0.2, 0) is 14.3 Å². The highest BCUT2D eigenvalue weighted by molar-refractivity contribution is 6.30. The Labute approximate surface area is 134 Å². The fourth-order valence-electron chi connectivity index (χ4n) is 2.66. The fourth-order valence-corrected chi connectivity index (χ4v) is 2.79. The first-order valence-electron chi connectivity index (χ1n) is 7.17. The van der Waals surface area contributed by atoms with Crippen LogP contribution in [0.2, 0.25) is 5.02 Å². The van der Waals surface area contributed by atoms with Gasteiger partial charge in [0.2, 0.25) is 0 Å². The highest BCUT2D eigenvalue weighted by Gasteiger charge is 2.34. The minimum atomic E-state index is -0.808. The van der Waals surface area contributed by atoms with Gasteiger partial charge in [0, 0.05) is 23.4 Å². The van der Waals surface area contributed by atoms with Crippen LogP contribution in [0, 0.1) is 5.92 Å². The molecule has 1 N–H and O–H groups in total. The van der Waals surface area contributed by atoms with E-state index < -0.39 is 12.0 Å². The zero-order valence-electron chi connectivity index (χ0n) is 12.3. The first-order chi connectivity index (χ1) is 10.5. The van der Waals surface area contributed by atoms with Crippen LogP contribution >= 0.6 is 11.6 Å². The average molecular weight is 324 g/mol. The fraction of sp³-hybridized carbons (Fsp3) is 0.438. The van der Waals surface area contributed by atoms with Crippen LogP contribution < -0.4 is 5.32 Å². The van der Waals surface area contributed by atoms with E-state index in [0.29, 0.717) is 29.8 Å². The van der Waals surface area contributed by atoms with Crippen molar-refractivity contribution in [3.8, 4) is 0 Å². The molecule has 0 unspecified atom stereocenters. The van der Waals surface area contributed by atoms with Gasteiger partial charge in [0.1, 0.15) is 11.8 Å². The predicted octanol–water partition coefficient (Wildman–Crippen LogP) is 2.37. The lowest BCUT2D eigenvalue weighted by Gasteiger charge is -2.28. The highest BCUT2D eigenvalue weighted by atomic mass is 35.5. The first-order valence-corrected chi connectivity index (χ1v) is 7.55. The van der Waals surface area contributed by atoms with Gasteiger partial charge in [-0.05, 0) is 43.0 Å². The number of benzene rings is 1. The van der Waals surface area contributed by atoms with Gasteiger partial charge in [-0.3, -0.25) is 9.59 Å². The summed E-state index contributed by atoms with van der Waals surface area (Å²) in [6.45, 7) is 0. The topological polar surface area (TPSA) is 72.5 Å². The second-order valence-electron chi connectivity index (χ2n) is 5.38. The summed E-state index contributed by atoms with van der Waals surface area (Å²) >= 11 is 5.79. The minimum Gasteiger partial charge on any atom is -0.467 e. The summed E-state index contributed by atoms with van der Waals surface area (Å²) in [6.07, 6.45) is 2.27. The van der Waals surface area contributed by atoms with Gasteiger partial charge < -0.3 is 10.1 Å². The molecule has 1 saturated carbocycles. The smallest absolute Gasteiger partial charge is 0.328 e. The van der Waals surface area contributed by atoms with Crippen molar-refractivity contribution >= 4 is 29.3 Å². The van der Waals surface area contributed by atoms with E-state index in [-0.39, 0.29) is 17.6 Å². The molecular weight excluding hydrogens is 306 g/mol. The molecule has 1 amide bonds. The number of ether oxygens (including phenoxy) is 1. The van der Waals surface area contributed by atoms with Gasteiger partial charge >= 0.3 is 5.97 Å². The van der Waals surface area contributed by atoms with Crippen LogP contribution in [0.3, 0.4) is 0 Å². The lowest BCUT2D eigenvalue weighted by Crippen LogP contribution is -2.48. The maximum atomic E-state index is 12.3. The number of nitrogens with one attached hydrogen (secondary N) is 1. The zero-order valence-corrected chi connectivity index (χ0v) is 13.1. The number of amides is 1. The summed E-state index contributed by atoms with van der Waals surface area (Å²) in [5, 5.41) is 3.21. The molecule has 1 fully saturated rings. The maximum absolute atomic E-state index is 12.3. The van der Waals surface area contributed by atoms with Crippen molar-refractivity contribution in [3.63, 3.8) is 0 Å². The number of carbonyl (C=O) groups excluding carboxylic acids is 3. The number of Topliss-reactive ketones (excluding diaryl/α,β-unsaturated/α-hetero) is 1. The van der Waals surface area contributed by atoms with Gasteiger partial charge in [-0.1, -0.05) is 11.6 Å². The second kappa shape index (κ2) is 7.40. The molecule has 0 heterocycles. The van der Waals surface area contributed by atoms with Crippen LogP contribution in [0.4, 0.5) is 0 Å². The van der Waals surface area contributed by atoms with Crippen molar-refractivity contribution in [2.24, 2.45) is 5.92 Å². The monoisotopic (exact) mass is 323 g/mol. The number of ketones is 1. The summed E-state index contributed by atoms with van der Waals surface area (Å²) in [6, 6.07) is 5.56. The Hall–Kier alpha value is -1.88. The number of rotatable bonds is 4. The van der Waals surface area contributed by atoms with E-state index in [2.05, 4.69) is 5.32 Å². The molecule has 22 heavy (non-hydrogen) atoms. The molecule has 1 aromatic carbocycles. The van der Waals surface area contributed by atoms with Gasteiger partial charge in [-0.25, -0.2) is 4.79 Å². The maximum Gasteiger partial charge on any atom is 0.328 e. The van der Waals surface area contributed by atoms with Crippen LogP contribution in [0.1, 0.15) is 36.0 Å². The summed E-state index contributed by atoms with van der Waals surface area (Å²) in [5.41, 5.74) is 0.403. The van der Waals surface area contributed by atoms with E-state index in [1.807, 2.05) is 0 Å². The summed E-state index contributed by atoms with van der Waals surface area (Å²) < 4.78 is 4.77. The van der Waals surface area contributed by atoms with Gasteiger partial charge in [0.05, 0.1) is 7.11 Å². The normalized spacial score (nSPS) is 19.4. The molecule has 2 rings (SSSR count). The van der Waals surface area contributed by atoms with Gasteiger partial charge in [0.25, 0.3) is 5.91 Å². The Morgan fingerprint density at radius 2 is 2.00 bits per heavy atom. The Balaban J connectivity index is 2.12. The predicted molar refractivity (Wildman–Crippen MR) is 81.7 cm³/mol. The first kappa shape index (κ1) is 16.5. The Kier molecular flexibility index (Phi) is 5.55. The Morgan fingerprint density at radius 1 is 1.32 bits per heavy atom. The zero-order chi connectivity index (χ0) is 16.1. The molecule has 0 saturated heterocycles. The molecule has 1 aliphatic carbocycles. The minimum absolute atomic E-state index is 0.117. The molecular formula is C16H18ClNO4. The number of hydrogen-bond acceptors (Lipinski definition) is 4. The standard InChI is InChI=1S/C16H18ClNO4/c1-22-16(21)14(11-3-2-4-13(19)9-11)18-15(20)10-5-7-12(17)8-6-10/h5-8,11,14H,2-4,9H2,1H3,(H,18,20)/t11-,14-/m0/s1. The van der Waals surface area contributed by atoms with Gasteiger partial charge in [-0.15, -0.1) is 0 Å². The van der Waals surface area contributed by atoms with E-state index in [0.717, 1.165) is 6.42 Å². The van der Waals surface area contributed by atoms with E-state index in [1.54, 1.807) is 24.3 Å². The summed E-state index contributed by atoms with van der Waals surface area (Å²) in [4.78, 5) is 35.8. The van der Waals surface area contributed by atoms with Crippen LogP contribution in [0.5, 0.6) is 0 Å². The SMILES string of the molecule is COC(=O)[C@@H](NC(=O)c1ccc(Cl)cc1)[C@H]1CCCC(=O)C1. The molecule has 6 heteroatoms. The summed E-state index contributed by atoms with van der Waals surface area (Å²) in [7, 11) is 1.27. The second-order valence-corrected chi connectivity index (χ2v) is 5.81. The number of carbonyl (C=O) groups is 3. The van der Waals surface area contributed by atoms with Crippen molar-refractivity contribution in [1.82, 2.24) is 5.32 Å². The number of halogens is 1. The van der Waals surface area contributed by atoms with E-state index >= 15 is 0 Å². The molecule has 0 spiro atoms. The van der Waals surface area contributed by atoms with Gasteiger partial charge in [-0.2, -0.15) is 0 Å². The highest BCUT2D eigenvalue weighted by Crippen LogP contribution is 2.25. The van der Waals surface area contributed by atoms with Crippen LogP contribution in [-0.4, -0.2) is 30.8 Å². The molecule has 0 bridgehead atoms. The van der Waals surface area contributed by atoms with Crippen molar-refractivity contribution in [2.45, 2.75) is 31.7 Å². The quantitative estimate of drug-likeness (QED) is 0.863. The van der Waals surface area contributed by atoms with E-state index in [4.69, 9.17) is 16.3 Å². The number of methoxy groups -OCH3 is 1. The van der Waals surface area contributed by atoms with Crippen LogP contribution in [0.25, 0.3) is 0 Å². The lowest BCUT2D eigenvalue weighted by molar-refractivity contribution is -0.145. The lowest BCUT2D eigenvalue weighted by atomic mass is 9.83.